The molecule has 1 amide bonds. The van der Waals surface area contributed by atoms with Crippen LogP contribution in [0.5, 0.6) is 0 Å². The van der Waals surface area contributed by atoms with Gasteiger partial charge in [0.1, 0.15) is 0 Å². The summed E-state index contributed by atoms with van der Waals surface area (Å²) in [7, 11) is 0. The molecule has 6 nitrogen and oxygen atoms in total. The fourth-order valence-electron chi connectivity index (χ4n) is 4.01. The molecule has 0 aliphatic carbocycles. The van der Waals surface area contributed by atoms with E-state index in [1.807, 2.05) is 48.5 Å². The number of nitrogens with zero attached hydrogens (tertiary/aromatic N) is 3. The Morgan fingerprint density at radius 3 is 2.68 bits per heavy atom. The lowest BCUT2D eigenvalue weighted by molar-refractivity contribution is -0.120. The van der Waals surface area contributed by atoms with E-state index in [9.17, 15) is 9.59 Å². The van der Waals surface area contributed by atoms with Crippen LogP contribution in [0.2, 0.25) is 0 Å². The van der Waals surface area contributed by atoms with Crippen LogP contribution in [0.3, 0.4) is 0 Å². The highest BCUT2D eigenvalue weighted by Crippen LogP contribution is 2.23. The zero-order valence-electron chi connectivity index (χ0n) is 17.8. The highest BCUT2D eigenvalue weighted by molar-refractivity contribution is 5.93. The molecule has 1 saturated heterocycles. The van der Waals surface area contributed by atoms with Gasteiger partial charge in [0.15, 0.2) is 0 Å². The van der Waals surface area contributed by atoms with Crippen LogP contribution in [0.15, 0.2) is 71.7 Å². The number of amides is 1. The monoisotopic (exact) mass is 416 g/mol. The number of aryl methyl sites for hydroxylation is 1. The molecule has 6 heteroatoms. The lowest BCUT2D eigenvalue weighted by Gasteiger charge is -2.33. The van der Waals surface area contributed by atoms with Crippen molar-refractivity contribution in [3.8, 4) is 0 Å². The van der Waals surface area contributed by atoms with Crippen molar-refractivity contribution in [1.29, 1.82) is 0 Å². The largest absolute Gasteiger partial charge is 0.369 e. The van der Waals surface area contributed by atoms with Gasteiger partial charge in [0, 0.05) is 24.8 Å². The fourth-order valence-corrected chi connectivity index (χ4v) is 4.01. The van der Waals surface area contributed by atoms with Crippen LogP contribution in [0, 0.1) is 5.92 Å². The predicted octanol–water partition coefficient (Wildman–Crippen LogP) is 3.71. The molecule has 0 saturated carbocycles. The van der Waals surface area contributed by atoms with Crippen molar-refractivity contribution < 1.29 is 4.79 Å². The molecule has 4 rings (SSSR count). The van der Waals surface area contributed by atoms with E-state index >= 15 is 0 Å². The number of aromatic nitrogens is 2. The molecule has 1 aliphatic rings. The molecule has 3 aromatic rings. The molecule has 0 radical (unpaired) electrons. The third-order valence-corrected chi connectivity index (χ3v) is 5.79. The number of hydrogen-bond donors (Lipinski definition) is 1. The minimum atomic E-state index is -0.135. The molecule has 1 aromatic heterocycles. The molecule has 160 valence electrons. The molecule has 1 atom stereocenters. The van der Waals surface area contributed by atoms with Crippen LogP contribution in [0.25, 0.3) is 0 Å². The molecular weight excluding hydrogens is 388 g/mol. The Hall–Kier alpha value is -3.41. The van der Waals surface area contributed by atoms with Crippen molar-refractivity contribution >= 4 is 17.3 Å². The molecule has 1 N–H and O–H groups in total. The van der Waals surface area contributed by atoms with Crippen molar-refractivity contribution in [1.82, 2.24) is 9.78 Å². The van der Waals surface area contributed by atoms with E-state index in [-0.39, 0.29) is 17.4 Å². The summed E-state index contributed by atoms with van der Waals surface area (Å²) in [4.78, 5) is 27.5. The molecule has 2 aromatic carbocycles. The molecule has 2 heterocycles. The van der Waals surface area contributed by atoms with Crippen LogP contribution in [0.1, 0.15) is 30.9 Å². The average molecular weight is 417 g/mol. The van der Waals surface area contributed by atoms with Crippen LogP contribution in [0.4, 0.5) is 11.4 Å². The van der Waals surface area contributed by atoms with E-state index in [4.69, 9.17) is 0 Å². The van der Waals surface area contributed by atoms with Crippen LogP contribution in [-0.2, 0) is 17.8 Å². The van der Waals surface area contributed by atoms with Gasteiger partial charge in [0.25, 0.3) is 5.56 Å². The van der Waals surface area contributed by atoms with Gasteiger partial charge in [-0.2, -0.15) is 5.10 Å². The number of nitrogens with one attached hydrogen (secondary N) is 1. The summed E-state index contributed by atoms with van der Waals surface area (Å²) in [5.74, 6) is -0.0888. The molecule has 0 spiro atoms. The Morgan fingerprint density at radius 2 is 1.90 bits per heavy atom. The highest BCUT2D eigenvalue weighted by Gasteiger charge is 2.26. The third-order valence-electron chi connectivity index (χ3n) is 5.79. The molecule has 1 fully saturated rings. The number of carbonyl (C=O) groups is 1. The Kier molecular flexibility index (Phi) is 6.46. The van der Waals surface area contributed by atoms with E-state index in [2.05, 4.69) is 28.3 Å². The maximum absolute atomic E-state index is 12.8. The molecular formula is C25H28N4O2. The first-order valence-corrected chi connectivity index (χ1v) is 10.9. The first kappa shape index (κ1) is 20.8. The van der Waals surface area contributed by atoms with Gasteiger partial charge in [-0.25, -0.2) is 4.68 Å². The first-order valence-electron chi connectivity index (χ1n) is 10.9. The first-order chi connectivity index (χ1) is 15.1. The lowest BCUT2D eigenvalue weighted by atomic mass is 9.96. The highest BCUT2D eigenvalue weighted by atomic mass is 16.2. The van der Waals surface area contributed by atoms with E-state index in [0.29, 0.717) is 13.1 Å². The summed E-state index contributed by atoms with van der Waals surface area (Å²) in [5, 5.41) is 7.43. The topological polar surface area (TPSA) is 67.2 Å². The van der Waals surface area contributed by atoms with Crippen molar-refractivity contribution in [2.24, 2.45) is 5.92 Å². The number of piperidine rings is 1. The normalized spacial score (nSPS) is 16.2. The average Bonchev–Trinajstić information content (AvgIpc) is 2.81. The lowest BCUT2D eigenvalue weighted by Crippen LogP contribution is -2.41. The van der Waals surface area contributed by atoms with Crippen LogP contribution >= 0.6 is 0 Å². The van der Waals surface area contributed by atoms with Gasteiger partial charge in [0.2, 0.25) is 5.91 Å². The maximum Gasteiger partial charge on any atom is 0.269 e. The second kappa shape index (κ2) is 9.60. The maximum atomic E-state index is 12.8. The van der Waals surface area contributed by atoms with Gasteiger partial charge in [-0.15, -0.1) is 0 Å². The summed E-state index contributed by atoms with van der Waals surface area (Å²) in [6.45, 7) is 3.95. The predicted molar refractivity (Wildman–Crippen MR) is 123 cm³/mol. The van der Waals surface area contributed by atoms with Gasteiger partial charge in [0.05, 0.1) is 24.3 Å². The van der Waals surface area contributed by atoms with Gasteiger partial charge < -0.3 is 10.2 Å². The zero-order valence-corrected chi connectivity index (χ0v) is 17.8. The smallest absolute Gasteiger partial charge is 0.269 e. The quantitative estimate of drug-likeness (QED) is 0.665. The Balaban J connectivity index is 1.42. The van der Waals surface area contributed by atoms with E-state index < -0.39 is 0 Å². The fraction of sp³-hybridized carbons (Fsp3) is 0.320. The summed E-state index contributed by atoms with van der Waals surface area (Å²) in [6, 6.07) is 19.4. The SMILES string of the molecule is CCc1cccc(NC(=O)C2CCCN(c3cnn(Cc4ccccc4)c(=O)c3)C2)c1. The van der Waals surface area contributed by atoms with Gasteiger partial charge in [-0.1, -0.05) is 49.4 Å². The van der Waals surface area contributed by atoms with Crippen LogP contribution in [-0.4, -0.2) is 28.8 Å². The van der Waals surface area contributed by atoms with Crippen molar-refractivity contribution in [2.75, 3.05) is 23.3 Å². The number of anilines is 2. The van der Waals surface area contributed by atoms with E-state index in [0.717, 1.165) is 42.7 Å². The number of benzene rings is 2. The molecule has 1 unspecified atom stereocenters. The van der Waals surface area contributed by atoms with Gasteiger partial charge in [-0.3, -0.25) is 9.59 Å². The minimum Gasteiger partial charge on any atom is -0.369 e. The van der Waals surface area contributed by atoms with E-state index in [1.165, 1.54) is 10.2 Å². The minimum absolute atomic E-state index is 0.0309. The van der Waals surface area contributed by atoms with Crippen LogP contribution < -0.4 is 15.8 Å². The second-order valence-electron chi connectivity index (χ2n) is 8.02. The Morgan fingerprint density at radius 1 is 1.10 bits per heavy atom. The number of rotatable bonds is 6. The molecule has 31 heavy (non-hydrogen) atoms. The Bertz CT molecular complexity index is 1090. The number of hydrogen-bond acceptors (Lipinski definition) is 4. The van der Waals surface area contributed by atoms with E-state index in [1.54, 1.807) is 12.3 Å². The zero-order chi connectivity index (χ0) is 21.6. The number of carbonyl (C=O) groups excluding carboxylic acids is 1. The summed E-state index contributed by atoms with van der Waals surface area (Å²) in [6.07, 6.45) is 4.41. The Labute approximate surface area is 182 Å². The summed E-state index contributed by atoms with van der Waals surface area (Å²) < 4.78 is 1.47. The molecule has 0 bridgehead atoms. The van der Waals surface area contributed by atoms with Crippen molar-refractivity contribution in [2.45, 2.75) is 32.7 Å². The van der Waals surface area contributed by atoms with Gasteiger partial charge >= 0.3 is 0 Å². The van der Waals surface area contributed by atoms with Gasteiger partial charge in [-0.05, 0) is 42.5 Å². The standard InChI is InChI=1S/C25H28N4O2/c1-2-19-10-6-12-22(14-19)27-25(31)21-11-7-13-28(18-21)23-15-24(30)29(26-16-23)17-20-8-4-3-5-9-20/h3-6,8-10,12,14-16,21H,2,7,11,13,17-18H2,1H3,(H,27,31). The summed E-state index contributed by atoms with van der Waals surface area (Å²) >= 11 is 0. The van der Waals surface area contributed by atoms with Crippen molar-refractivity contribution in [3.63, 3.8) is 0 Å². The molecule has 1 aliphatic heterocycles. The van der Waals surface area contributed by atoms with Crippen molar-refractivity contribution in [3.05, 3.63) is 88.3 Å². The third kappa shape index (κ3) is 5.20. The second-order valence-corrected chi connectivity index (χ2v) is 8.02. The summed E-state index contributed by atoms with van der Waals surface area (Å²) in [5.41, 5.74) is 3.72.